The Labute approximate surface area is 217 Å². The second-order valence-electron chi connectivity index (χ2n) is 9.36. The number of aromatic nitrogens is 4. The Morgan fingerprint density at radius 2 is 1.49 bits per heavy atom. The second-order valence-corrected chi connectivity index (χ2v) is 11.8. The molecular weight excluding hydrogens is 472 g/mol. The minimum absolute atomic E-state index is 0.623. The predicted molar refractivity (Wildman–Crippen MR) is 152 cm³/mol. The molecule has 1 fully saturated rings. The summed E-state index contributed by atoms with van der Waals surface area (Å²) in [6, 6.07) is 5.02. The van der Waals surface area contributed by atoms with Crippen molar-refractivity contribution < 1.29 is 0 Å². The van der Waals surface area contributed by atoms with Crippen LogP contribution in [0, 0.1) is 13.8 Å². The van der Waals surface area contributed by atoms with E-state index in [0.29, 0.717) is 6.04 Å². The fourth-order valence-electron chi connectivity index (χ4n) is 4.12. The number of nitrogens with one attached hydrogen (secondary N) is 1. The molecule has 4 heterocycles. The molecule has 6 nitrogen and oxygen atoms in total. The summed E-state index contributed by atoms with van der Waals surface area (Å²) < 4.78 is 0. The van der Waals surface area contributed by atoms with Crippen molar-refractivity contribution in [2.24, 2.45) is 0 Å². The van der Waals surface area contributed by atoms with E-state index in [4.69, 9.17) is 4.98 Å². The zero-order valence-electron chi connectivity index (χ0n) is 21.9. The summed E-state index contributed by atoms with van der Waals surface area (Å²) in [5, 5.41) is 5.96. The summed E-state index contributed by atoms with van der Waals surface area (Å²) in [5.41, 5.74) is 0. The van der Waals surface area contributed by atoms with Crippen LogP contribution >= 0.6 is 22.7 Å². The number of hydrogen-bond acceptors (Lipinski definition) is 8. The van der Waals surface area contributed by atoms with Crippen molar-refractivity contribution >= 4 is 54.7 Å². The van der Waals surface area contributed by atoms with Crippen LogP contribution in [0.2, 0.25) is 0 Å². The van der Waals surface area contributed by atoms with E-state index in [2.05, 4.69) is 79.0 Å². The van der Waals surface area contributed by atoms with Gasteiger partial charge < -0.3 is 10.2 Å². The molecule has 5 rings (SSSR count). The number of unbranched alkanes of at least 4 members (excludes halogenated alkanes) is 1. The van der Waals surface area contributed by atoms with E-state index in [1.165, 1.54) is 52.6 Å². The number of fused-ring (bicyclic) bond motifs is 2. The third-order valence-corrected chi connectivity index (χ3v) is 8.28. The summed E-state index contributed by atoms with van der Waals surface area (Å²) in [6.07, 6.45) is 8.09. The van der Waals surface area contributed by atoms with Crippen LogP contribution < -0.4 is 10.2 Å². The summed E-state index contributed by atoms with van der Waals surface area (Å²) in [5.74, 6) is 4.03. The molecule has 35 heavy (non-hydrogen) atoms. The number of nitrogens with zero attached hydrogens (tertiary/aromatic N) is 5. The van der Waals surface area contributed by atoms with E-state index in [9.17, 15) is 0 Å². The SMILES string of the molecule is CCCCN(C)c1nc(CC)nc2sc(C)cc12.CCc1nc(NC2CCC2)c2cc(C)sc2n1. The summed E-state index contributed by atoms with van der Waals surface area (Å²) in [7, 11) is 2.13. The Hall–Kier alpha value is -2.32. The zero-order chi connectivity index (χ0) is 24.9. The first-order valence-electron chi connectivity index (χ1n) is 12.9. The van der Waals surface area contributed by atoms with Gasteiger partial charge >= 0.3 is 0 Å². The lowest BCUT2D eigenvalue weighted by Gasteiger charge is -2.27. The first kappa shape index (κ1) is 25.8. The highest BCUT2D eigenvalue weighted by molar-refractivity contribution is 7.19. The van der Waals surface area contributed by atoms with E-state index >= 15 is 0 Å². The van der Waals surface area contributed by atoms with Crippen molar-refractivity contribution in [3.8, 4) is 0 Å². The van der Waals surface area contributed by atoms with Gasteiger partial charge in [-0.25, -0.2) is 19.9 Å². The van der Waals surface area contributed by atoms with Crippen LogP contribution in [0.1, 0.15) is 74.3 Å². The van der Waals surface area contributed by atoms with Crippen molar-refractivity contribution in [2.75, 3.05) is 23.8 Å². The van der Waals surface area contributed by atoms with Gasteiger partial charge in [-0.15, -0.1) is 22.7 Å². The van der Waals surface area contributed by atoms with Gasteiger partial charge in [-0.3, -0.25) is 0 Å². The average Bonchev–Trinajstić information content (AvgIpc) is 3.39. The fraction of sp³-hybridized carbons (Fsp3) is 0.556. The summed E-state index contributed by atoms with van der Waals surface area (Å²) >= 11 is 3.52. The molecule has 0 saturated heterocycles. The first-order chi connectivity index (χ1) is 16.9. The van der Waals surface area contributed by atoms with Crippen molar-refractivity contribution in [2.45, 2.75) is 85.6 Å². The lowest BCUT2D eigenvalue weighted by molar-refractivity contribution is 0.444. The van der Waals surface area contributed by atoms with Gasteiger partial charge in [-0.05, 0) is 51.7 Å². The third-order valence-electron chi connectivity index (χ3n) is 6.39. The standard InChI is InChI=1S/C14H21N3S.C13H17N3S/c1-5-7-8-17(4)13-11-9-10(3)18-14(11)16-12(6-2)15-13;1-3-11-15-12(14-9-5-4-6-9)10-7-8(2)17-13(10)16-11/h9H,5-8H2,1-4H3;7,9H,3-6H2,1-2H3,(H,14,15,16). The van der Waals surface area contributed by atoms with Crippen LogP contribution in [-0.4, -0.2) is 39.6 Å². The number of aryl methyl sites for hydroxylation is 4. The molecule has 0 aromatic carbocycles. The summed E-state index contributed by atoms with van der Waals surface area (Å²) in [6.45, 7) is 11.8. The molecule has 1 N–H and O–H groups in total. The smallest absolute Gasteiger partial charge is 0.140 e. The molecule has 1 aliphatic carbocycles. The molecule has 0 radical (unpaired) electrons. The van der Waals surface area contributed by atoms with E-state index < -0.39 is 0 Å². The van der Waals surface area contributed by atoms with Crippen molar-refractivity contribution in [3.05, 3.63) is 33.5 Å². The Balaban J connectivity index is 0.000000165. The van der Waals surface area contributed by atoms with Crippen LogP contribution in [0.15, 0.2) is 12.1 Å². The number of rotatable bonds is 8. The van der Waals surface area contributed by atoms with Gasteiger partial charge in [0.05, 0.1) is 10.8 Å². The largest absolute Gasteiger partial charge is 0.367 e. The Morgan fingerprint density at radius 3 is 2.06 bits per heavy atom. The number of hydrogen-bond donors (Lipinski definition) is 1. The van der Waals surface area contributed by atoms with Gasteiger partial charge in [0.15, 0.2) is 0 Å². The summed E-state index contributed by atoms with van der Waals surface area (Å²) in [4.78, 5) is 25.7. The highest BCUT2D eigenvalue weighted by Gasteiger charge is 2.19. The maximum Gasteiger partial charge on any atom is 0.140 e. The second kappa shape index (κ2) is 11.6. The first-order valence-corrected chi connectivity index (χ1v) is 14.6. The Bertz CT molecular complexity index is 1270. The molecule has 0 aliphatic heterocycles. The average molecular weight is 511 g/mol. The van der Waals surface area contributed by atoms with Crippen LogP contribution in [0.4, 0.5) is 11.6 Å². The molecular formula is C27H38N6S2. The van der Waals surface area contributed by atoms with Crippen LogP contribution in [-0.2, 0) is 12.8 Å². The van der Waals surface area contributed by atoms with Gasteiger partial charge in [-0.1, -0.05) is 27.2 Å². The van der Waals surface area contributed by atoms with E-state index in [0.717, 1.165) is 52.3 Å². The van der Waals surface area contributed by atoms with Gasteiger partial charge in [0.25, 0.3) is 0 Å². The molecule has 0 atom stereocenters. The lowest BCUT2D eigenvalue weighted by atomic mass is 9.93. The predicted octanol–water partition coefficient (Wildman–Crippen LogP) is 7.32. The van der Waals surface area contributed by atoms with E-state index in [1.807, 2.05) is 0 Å². The quantitative estimate of drug-likeness (QED) is 0.268. The highest BCUT2D eigenvalue weighted by Crippen LogP contribution is 2.32. The maximum absolute atomic E-state index is 4.71. The minimum Gasteiger partial charge on any atom is -0.367 e. The molecule has 8 heteroatoms. The van der Waals surface area contributed by atoms with Crippen molar-refractivity contribution in [3.63, 3.8) is 0 Å². The van der Waals surface area contributed by atoms with Crippen molar-refractivity contribution in [1.82, 2.24) is 19.9 Å². The number of thiophene rings is 2. The Kier molecular flexibility index (Phi) is 8.55. The topological polar surface area (TPSA) is 66.8 Å². The zero-order valence-corrected chi connectivity index (χ0v) is 23.6. The molecule has 0 unspecified atom stereocenters. The number of anilines is 2. The van der Waals surface area contributed by atoms with E-state index in [1.54, 1.807) is 22.7 Å². The monoisotopic (exact) mass is 510 g/mol. The molecule has 0 spiro atoms. The normalized spacial score (nSPS) is 13.5. The van der Waals surface area contributed by atoms with Gasteiger partial charge in [0.1, 0.15) is 32.9 Å². The lowest BCUT2D eigenvalue weighted by Crippen LogP contribution is -2.27. The molecule has 4 aromatic rings. The van der Waals surface area contributed by atoms with Gasteiger partial charge in [-0.2, -0.15) is 0 Å². The van der Waals surface area contributed by atoms with Crippen LogP contribution in [0.25, 0.3) is 20.4 Å². The molecule has 0 bridgehead atoms. The van der Waals surface area contributed by atoms with Gasteiger partial charge in [0.2, 0.25) is 0 Å². The van der Waals surface area contributed by atoms with E-state index in [-0.39, 0.29) is 0 Å². The van der Waals surface area contributed by atoms with Crippen molar-refractivity contribution in [1.29, 1.82) is 0 Å². The van der Waals surface area contributed by atoms with Crippen LogP contribution in [0.5, 0.6) is 0 Å². The molecule has 188 valence electrons. The molecule has 4 aromatic heterocycles. The fourth-order valence-corrected chi connectivity index (χ4v) is 5.91. The highest BCUT2D eigenvalue weighted by atomic mass is 32.1. The maximum atomic E-state index is 4.71. The minimum atomic E-state index is 0.623. The molecule has 1 saturated carbocycles. The molecule has 0 amide bonds. The molecule has 1 aliphatic rings. The third kappa shape index (κ3) is 6.09. The van der Waals surface area contributed by atoms with Crippen LogP contribution in [0.3, 0.4) is 0 Å². The van der Waals surface area contributed by atoms with Gasteiger partial charge in [0, 0.05) is 42.2 Å². The Morgan fingerprint density at radius 1 is 0.886 bits per heavy atom.